The first kappa shape index (κ1) is 18.3. The lowest BCUT2D eigenvalue weighted by Crippen LogP contribution is -2.37. The van der Waals surface area contributed by atoms with Gasteiger partial charge in [0.15, 0.2) is 5.11 Å². The smallest absolute Gasteiger partial charge is 0.221 e. The number of thiocarbonyl (C=S) groups is 1. The van der Waals surface area contributed by atoms with Crippen molar-refractivity contribution in [2.45, 2.75) is 38.6 Å². The van der Waals surface area contributed by atoms with Gasteiger partial charge in [-0.2, -0.15) is 0 Å². The van der Waals surface area contributed by atoms with Crippen molar-refractivity contribution < 1.29 is 4.79 Å². The molecule has 2 N–H and O–H groups in total. The maximum atomic E-state index is 11.1. The van der Waals surface area contributed by atoms with Crippen LogP contribution in [0.15, 0.2) is 48.8 Å². The lowest BCUT2D eigenvalue weighted by Gasteiger charge is -2.33. The van der Waals surface area contributed by atoms with E-state index in [9.17, 15) is 4.79 Å². The van der Waals surface area contributed by atoms with Crippen molar-refractivity contribution >= 4 is 34.6 Å². The standard InChI is InChI=1S/C20H24N4OS/c1-15(25)22-17-6-8-18(9-7-17)23-20(26)24-14-4-2-3-5-19(24)16-10-12-21-13-11-16/h6-13,19H,2-5,14H2,1H3,(H,22,25)(H,23,26). The third-order valence-electron chi connectivity index (χ3n) is 4.56. The highest BCUT2D eigenvalue weighted by atomic mass is 32.1. The van der Waals surface area contributed by atoms with E-state index in [2.05, 4.69) is 32.7 Å². The molecule has 3 rings (SSSR count). The van der Waals surface area contributed by atoms with Gasteiger partial charge in [0.2, 0.25) is 5.91 Å². The Morgan fingerprint density at radius 3 is 2.35 bits per heavy atom. The lowest BCUT2D eigenvalue weighted by atomic mass is 10.0. The number of hydrogen-bond acceptors (Lipinski definition) is 3. The van der Waals surface area contributed by atoms with E-state index >= 15 is 0 Å². The largest absolute Gasteiger partial charge is 0.342 e. The van der Waals surface area contributed by atoms with Gasteiger partial charge in [0.25, 0.3) is 0 Å². The molecule has 0 aliphatic carbocycles. The van der Waals surface area contributed by atoms with Crippen LogP contribution in [-0.4, -0.2) is 27.4 Å². The quantitative estimate of drug-likeness (QED) is 0.789. The van der Waals surface area contributed by atoms with Crippen LogP contribution in [0, 0.1) is 0 Å². The third kappa shape index (κ3) is 4.79. The first-order valence-corrected chi connectivity index (χ1v) is 9.39. The molecule has 136 valence electrons. The van der Waals surface area contributed by atoms with Gasteiger partial charge in [0.05, 0.1) is 6.04 Å². The molecule has 0 radical (unpaired) electrons. The molecule has 0 spiro atoms. The van der Waals surface area contributed by atoms with Crippen LogP contribution < -0.4 is 10.6 Å². The second kappa shape index (κ2) is 8.76. The number of aromatic nitrogens is 1. The summed E-state index contributed by atoms with van der Waals surface area (Å²) in [5.74, 6) is -0.0778. The summed E-state index contributed by atoms with van der Waals surface area (Å²) in [7, 11) is 0. The molecule has 1 aromatic carbocycles. The maximum absolute atomic E-state index is 11.1. The molecule has 1 saturated heterocycles. The molecule has 2 heterocycles. The molecule has 1 fully saturated rings. The van der Waals surface area contributed by atoms with E-state index in [1.165, 1.54) is 25.3 Å². The molecule has 26 heavy (non-hydrogen) atoms. The van der Waals surface area contributed by atoms with Crippen molar-refractivity contribution in [3.8, 4) is 0 Å². The highest BCUT2D eigenvalue weighted by Gasteiger charge is 2.24. The van der Waals surface area contributed by atoms with Gasteiger partial charge in [0.1, 0.15) is 0 Å². The molecule has 5 nitrogen and oxygen atoms in total. The third-order valence-corrected chi connectivity index (χ3v) is 4.90. The van der Waals surface area contributed by atoms with E-state index in [1.54, 1.807) is 0 Å². The SMILES string of the molecule is CC(=O)Nc1ccc(NC(=S)N2CCCCCC2c2ccncc2)cc1. The van der Waals surface area contributed by atoms with E-state index in [4.69, 9.17) is 12.2 Å². The molecule has 2 aromatic rings. The molecule has 0 saturated carbocycles. The second-order valence-electron chi connectivity index (χ2n) is 6.53. The van der Waals surface area contributed by atoms with Gasteiger partial charge in [-0.15, -0.1) is 0 Å². The number of benzene rings is 1. The summed E-state index contributed by atoms with van der Waals surface area (Å²) >= 11 is 5.73. The zero-order chi connectivity index (χ0) is 18.4. The molecule has 1 amide bonds. The van der Waals surface area contributed by atoms with Crippen molar-refractivity contribution in [2.24, 2.45) is 0 Å². The Kier molecular flexibility index (Phi) is 6.17. The van der Waals surface area contributed by atoms with Gasteiger partial charge in [-0.25, -0.2) is 0 Å². The minimum atomic E-state index is -0.0778. The summed E-state index contributed by atoms with van der Waals surface area (Å²) < 4.78 is 0. The van der Waals surface area contributed by atoms with Gasteiger partial charge >= 0.3 is 0 Å². The van der Waals surface area contributed by atoms with Crippen LogP contribution in [0.4, 0.5) is 11.4 Å². The molecule has 6 heteroatoms. The summed E-state index contributed by atoms with van der Waals surface area (Å²) in [4.78, 5) is 17.6. The monoisotopic (exact) mass is 368 g/mol. The van der Waals surface area contributed by atoms with Gasteiger partial charge in [-0.1, -0.05) is 12.8 Å². The van der Waals surface area contributed by atoms with E-state index in [0.717, 1.165) is 35.9 Å². The molecular formula is C20H24N4OS. The number of rotatable bonds is 3. The number of likely N-dealkylation sites (tertiary alicyclic amines) is 1. The predicted molar refractivity (Wildman–Crippen MR) is 109 cm³/mol. The highest BCUT2D eigenvalue weighted by molar-refractivity contribution is 7.80. The Morgan fingerprint density at radius 2 is 1.69 bits per heavy atom. The Balaban J connectivity index is 1.72. The van der Waals surface area contributed by atoms with Crippen LogP contribution in [0.25, 0.3) is 0 Å². The average molecular weight is 369 g/mol. The fraction of sp³-hybridized carbons (Fsp3) is 0.350. The molecule has 0 bridgehead atoms. The minimum absolute atomic E-state index is 0.0778. The highest BCUT2D eigenvalue weighted by Crippen LogP contribution is 2.30. The molecule has 1 atom stereocenters. The van der Waals surface area contributed by atoms with Gasteiger partial charge < -0.3 is 15.5 Å². The first-order chi connectivity index (χ1) is 12.6. The lowest BCUT2D eigenvalue weighted by molar-refractivity contribution is -0.114. The van der Waals surface area contributed by atoms with Crippen molar-refractivity contribution in [2.75, 3.05) is 17.2 Å². The maximum Gasteiger partial charge on any atom is 0.221 e. The Hall–Kier alpha value is -2.47. The average Bonchev–Trinajstić information content (AvgIpc) is 2.90. The molecular weight excluding hydrogens is 344 g/mol. The Bertz CT molecular complexity index is 748. The number of carbonyl (C=O) groups excluding carboxylic acids is 1. The van der Waals surface area contributed by atoms with Crippen LogP contribution >= 0.6 is 12.2 Å². The number of nitrogens with one attached hydrogen (secondary N) is 2. The van der Waals surface area contributed by atoms with Gasteiger partial charge in [-0.05, 0) is 67.0 Å². The first-order valence-electron chi connectivity index (χ1n) is 8.98. The minimum Gasteiger partial charge on any atom is -0.342 e. The van der Waals surface area contributed by atoms with E-state index < -0.39 is 0 Å². The summed E-state index contributed by atoms with van der Waals surface area (Å²) in [6.45, 7) is 2.45. The fourth-order valence-electron chi connectivity index (χ4n) is 3.32. The zero-order valence-electron chi connectivity index (χ0n) is 14.9. The summed E-state index contributed by atoms with van der Waals surface area (Å²) in [5.41, 5.74) is 2.95. The number of amides is 1. The van der Waals surface area contributed by atoms with Crippen LogP contribution in [0.3, 0.4) is 0 Å². The normalized spacial score (nSPS) is 17.3. The molecule has 1 aliphatic heterocycles. The predicted octanol–water partition coefficient (Wildman–Crippen LogP) is 4.35. The van der Waals surface area contributed by atoms with E-state index in [0.29, 0.717) is 0 Å². The zero-order valence-corrected chi connectivity index (χ0v) is 15.8. The number of pyridine rings is 1. The summed E-state index contributed by atoms with van der Waals surface area (Å²) in [6.07, 6.45) is 8.35. The van der Waals surface area contributed by atoms with Crippen LogP contribution in [0.1, 0.15) is 44.2 Å². The van der Waals surface area contributed by atoms with Crippen LogP contribution in [-0.2, 0) is 4.79 Å². The Morgan fingerprint density at radius 1 is 1.04 bits per heavy atom. The van der Waals surface area contributed by atoms with Crippen molar-refractivity contribution in [3.05, 3.63) is 54.4 Å². The molecule has 1 aromatic heterocycles. The molecule has 1 aliphatic rings. The summed E-state index contributed by atoms with van der Waals surface area (Å²) in [6, 6.07) is 12.0. The van der Waals surface area contributed by atoms with Crippen molar-refractivity contribution in [1.29, 1.82) is 0 Å². The second-order valence-corrected chi connectivity index (χ2v) is 6.91. The van der Waals surface area contributed by atoms with Gasteiger partial charge in [0, 0.05) is 37.2 Å². The summed E-state index contributed by atoms with van der Waals surface area (Å²) in [5, 5.41) is 6.86. The number of carbonyl (C=O) groups is 1. The van der Waals surface area contributed by atoms with Gasteiger partial charge in [-0.3, -0.25) is 9.78 Å². The van der Waals surface area contributed by atoms with Crippen molar-refractivity contribution in [3.63, 3.8) is 0 Å². The Labute approximate surface area is 159 Å². The number of hydrogen-bond donors (Lipinski definition) is 2. The van der Waals surface area contributed by atoms with Crippen LogP contribution in [0.5, 0.6) is 0 Å². The topological polar surface area (TPSA) is 57.3 Å². The van der Waals surface area contributed by atoms with E-state index in [-0.39, 0.29) is 11.9 Å². The van der Waals surface area contributed by atoms with Crippen LogP contribution in [0.2, 0.25) is 0 Å². The fourth-order valence-corrected chi connectivity index (χ4v) is 3.66. The number of anilines is 2. The number of nitrogens with zero attached hydrogens (tertiary/aromatic N) is 2. The van der Waals surface area contributed by atoms with Crippen molar-refractivity contribution in [1.82, 2.24) is 9.88 Å². The molecule has 1 unspecified atom stereocenters. The van der Waals surface area contributed by atoms with E-state index in [1.807, 2.05) is 36.7 Å².